The van der Waals surface area contributed by atoms with Crippen LogP contribution in [-0.2, 0) is 14.3 Å². The largest absolute Gasteiger partial charge is 0.466 e. The molecule has 1 saturated heterocycles. The number of nitrogens with zero attached hydrogens (tertiary/aromatic N) is 3. The zero-order chi connectivity index (χ0) is 33.1. The molecule has 2 aliphatic heterocycles. The van der Waals surface area contributed by atoms with E-state index in [1.807, 2.05) is 13.0 Å². The molecular formula is C37H47ClN4O5. The Kier molecular flexibility index (Phi) is 14.6. The molecule has 2 unspecified atom stereocenters. The third-order valence-electron chi connectivity index (χ3n) is 8.36. The van der Waals surface area contributed by atoms with Crippen molar-refractivity contribution in [3.05, 3.63) is 135 Å². The fourth-order valence-electron chi connectivity index (χ4n) is 6.01. The Labute approximate surface area is 284 Å². The predicted octanol–water partition coefficient (Wildman–Crippen LogP) is 7.22. The van der Waals surface area contributed by atoms with Crippen molar-refractivity contribution in [1.82, 2.24) is 15.1 Å². The number of dihydropyridines is 1. The second-order valence-corrected chi connectivity index (χ2v) is 11.6. The highest BCUT2D eigenvalue weighted by Crippen LogP contribution is 2.34. The molecule has 0 aliphatic carbocycles. The van der Waals surface area contributed by atoms with Crippen molar-refractivity contribution in [3.8, 4) is 0 Å². The third kappa shape index (κ3) is 10.2. The maximum atomic E-state index is 12.0. The number of nitro benzene ring substituents is 1. The molecule has 0 aromatic heterocycles. The Morgan fingerprint density at radius 2 is 1.55 bits per heavy atom. The molecule has 252 valence electrons. The highest BCUT2D eigenvalue weighted by molar-refractivity contribution is 5.92. The first kappa shape index (κ1) is 37.4. The SMILES string of the molecule is CCCN1CCN(C(C)OC(c2ccccc2)c2ccccc2)CC1.COC(=O)C1=C(C)NC(C)=CC1c1cccc([N+](=O)[O-])c1.Cl. The number of carbonyl (C=O) groups is 1. The number of methoxy groups -OCH3 is 1. The van der Waals surface area contributed by atoms with Crippen LogP contribution in [-0.4, -0.2) is 66.8 Å². The van der Waals surface area contributed by atoms with E-state index in [9.17, 15) is 14.9 Å². The predicted molar refractivity (Wildman–Crippen MR) is 188 cm³/mol. The number of allylic oxidation sites excluding steroid dienone is 3. The van der Waals surface area contributed by atoms with Gasteiger partial charge in [0, 0.05) is 55.6 Å². The molecular weight excluding hydrogens is 616 g/mol. The summed E-state index contributed by atoms with van der Waals surface area (Å²) in [5.74, 6) is -0.807. The van der Waals surface area contributed by atoms with Crippen LogP contribution in [0.4, 0.5) is 5.69 Å². The molecule has 2 heterocycles. The normalized spacial score (nSPS) is 17.4. The number of rotatable bonds is 10. The van der Waals surface area contributed by atoms with Crippen LogP contribution >= 0.6 is 12.4 Å². The molecule has 1 N–H and O–H groups in total. The minimum Gasteiger partial charge on any atom is -0.466 e. The lowest BCUT2D eigenvalue weighted by Crippen LogP contribution is -2.50. The molecule has 2 atom stereocenters. The molecule has 3 aromatic rings. The summed E-state index contributed by atoms with van der Waals surface area (Å²) >= 11 is 0. The summed E-state index contributed by atoms with van der Waals surface area (Å²) in [6.07, 6.45) is 3.18. The van der Waals surface area contributed by atoms with Gasteiger partial charge in [-0.3, -0.25) is 15.0 Å². The molecule has 10 heteroatoms. The highest BCUT2D eigenvalue weighted by atomic mass is 35.5. The van der Waals surface area contributed by atoms with Gasteiger partial charge in [-0.1, -0.05) is 85.8 Å². The molecule has 0 saturated carbocycles. The van der Waals surface area contributed by atoms with Gasteiger partial charge in [0.05, 0.1) is 17.6 Å². The summed E-state index contributed by atoms with van der Waals surface area (Å²) in [7, 11) is 1.32. The van der Waals surface area contributed by atoms with Gasteiger partial charge in [0.1, 0.15) is 12.3 Å². The number of halogens is 1. The third-order valence-corrected chi connectivity index (χ3v) is 8.36. The number of esters is 1. The van der Waals surface area contributed by atoms with E-state index in [4.69, 9.17) is 9.47 Å². The average Bonchev–Trinajstić information content (AvgIpc) is 3.08. The van der Waals surface area contributed by atoms with Crippen LogP contribution < -0.4 is 5.32 Å². The summed E-state index contributed by atoms with van der Waals surface area (Å²) in [4.78, 5) is 27.5. The molecule has 2 aliphatic rings. The lowest BCUT2D eigenvalue weighted by molar-refractivity contribution is -0.384. The Balaban J connectivity index is 0.000000254. The van der Waals surface area contributed by atoms with Crippen LogP contribution in [0.2, 0.25) is 0 Å². The number of carbonyl (C=O) groups excluding carboxylic acids is 1. The molecule has 1 fully saturated rings. The number of nitrogens with one attached hydrogen (secondary N) is 1. The Hall–Kier alpha value is -4.02. The Morgan fingerprint density at radius 3 is 2.09 bits per heavy atom. The van der Waals surface area contributed by atoms with Crippen molar-refractivity contribution < 1.29 is 19.2 Å². The van der Waals surface area contributed by atoms with Gasteiger partial charge in [-0.2, -0.15) is 0 Å². The van der Waals surface area contributed by atoms with Crippen molar-refractivity contribution >= 4 is 24.1 Å². The first-order valence-corrected chi connectivity index (χ1v) is 15.9. The van der Waals surface area contributed by atoms with E-state index in [0.717, 1.165) is 31.9 Å². The van der Waals surface area contributed by atoms with Crippen molar-refractivity contribution in [3.63, 3.8) is 0 Å². The lowest BCUT2D eigenvalue weighted by Gasteiger charge is -2.39. The second-order valence-electron chi connectivity index (χ2n) is 11.6. The zero-order valence-corrected chi connectivity index (χ0v) is 28.7. The summed E-state index contributed by atoms with van der Waals surface area (Å²) in [6, 6.07) is 27.4. The summed E-state index contributed by atoms with van der Waals surface area (Å²) in [5, 5.41) is 14.0. The van der Waals surface area contributed by atoms with Crippen LogP contribution in [0.25, 0.3) is 0 Å². The summed E-state index contributed by atoms with van der Waals surface area (Å²) < 4.78 is 11.4. The van der Waals surface area contributed by atoms with Gasteiger partial charge in [0.2, 0.25) is 0 Å². The van der Waals surface area contributed by atoms with Crippen LogP contribution in [0.3, 0.4) is 0 Å². The van der Waals surface area contributed by atoms with Gasteiger partial charge in [0.15, 0.2) is 0 Å². The number of piperazine rings is 1. The number of benzene rings is 3. The van der Waals surface area contributed by atoms with Gasteiger partial charge < -0.3 is 19.7 Å². The van der Waals surface area contributed by atoms with Crippen molar-refractivity contribution in [2.45, 2.75) is 52.4 Å². The number of hydrogen-bond donors (Lipinski definition) is 1. The van der Waals surface area contributed by atoms with E-state index in [1.165, 1.54) is 43.3 Å². The Bertz CT molecular complexity index is 1470. The number of nitro groups is 1. The second kappa shape index (κ2) is 18.4. The van der Waals surface area contributed by atoms with Gasteiger partial charge >= 0.3 is 5.97 Å². The van der Waals surface area contributed by atoms with Crippen LogP contribution in [0.15, 0.2) is 108 Å². The molecule has 9 nitrogen and oxygen atoms in total. The Morgan fingerprint density at radius 1 is 0.957 bits per heavy atom. The molecule has 47 heavy (non-hydrogen) atoms. The maximum Gasteiger partial charge on any atom is 0.336 e. The standard InChI is InChI=1S/C22H30N2O.C15H16N2O4.ClH/c1-3-14-23-15-17-24(18-16-23)19(2)25-22(20-10-6-4-7-11-20)21-12-8-5-9-13-21;1-9-7-13(14(10(2)16-9)15(18)21-3)11-5-4-6-12(8-11)17(19)20;/h4-13,19,22H,3,14-18H2,1-2H3;4-8,13,16H,1-3H3;1H. The first-order chi connectivity index (χ1) is 22.2. The summed E-state index contributed by atoms with van der Waals surface area (Å²) in [5.41, 5.74) is 5.15. The van der Waals surface area contributed by atoms with Gasteiger partial charge in [-0.15, -0.1) is 12.4 Å². The van der Waals surface area contributed by atoms with Gasteiger partial charge in [-0.25, -0.2) is 4.79 Å². The monoisotopic (exact) mass is 662 g/mol. The van der Waals surface area contributed by atoms with Crippen LogP contribution in [0.5, 0.6) is 0 Å². The van der Waals surface area contributed by atoms with E-state index in [2.05, 4.69) is 89.6 Å². The molecule has 0 bridgehead atoms. The number of hydrogen-bond acceptors (Lipinski definition) is 8. The summed E-state index contributed by atoms with van der Waals surface area (Å²) in [6.45, 7) is 13.8. The van der Waals surface area contributed by atoms with Gasteiger partial charge in [0.25, 0.3) is 5.69 Å². The minimum atomic E-state index is -0.449. The van der Waals surface area contributed by atoms with E-state index >= 15 is 0 Å². The lowest BCUT2D eigenvalue weighted by atomic mass is 9.86. The number of ether oxygens (including phenoxy) is 2. The molecule has 0 spiro atoms. The van der Waals surface area contributed by atoms with E-state index in [0.29, 0.717) is 16.8 Å². The fraction of sp³-hybridized carbons (Fsp3) is 0.378. The molecule has 5 rings (SSSR count). The quantitative estimate of drug-likeness (QED) is 0.138. The smallest absolute Gasteiger partial charge is 0.336 e. The maximum absolute atomic E-state index is 12.0. The van der Waals surface area contributed by atoms with Crippen molar-refractivity contribution in [1.29, 1.82) is 0 Å². The molecule has 3 aromatic carbocycles. The zero-order valence-electron chi connectivity index (χ0n) is 27.9. The van der Waals surface area contributed by atoms with Crippen molar-refractivity contribution in [2.24, 2.45) is 0 Å². The topological polar surface area (TPSA) is 97.2 Å². The molecule has 0 radical (unpaired) electrons. The first-order valence-electron chi connectivity index (χ1n) is 15.9. The fourth-order valence-corrected chi connectivity index (χ4v) is 6.01. The van der Waals surface area contributed by atoms with Crippen molar-refractivity contribution in [2.75, 3.05) is 39.8 Å². The van der Waals surface area contributed by atoms with E-state index in [1.54, 1.807) is 19.1 Å². The average molecular weight is 663 g/mol. The minimum absolute atomic E-state index is 0. The number of non-ortho nitro benzene ring substituents is 1. The highest BCUT2D eigenvalue weighted by Gasteiger charge is 2.29. The van der Waals surface area contributed by atoms with E-state index in [-0.39, 0.29) is 36.3 Å². The van der Waals surface area contributed by atoms with E-state index < -0.39 is 10.9 Å². The van der Waals surface area contributed by atoms with Gasteiger partial charge in [-0.05, 0) is 50.4 Å². The van der Waals surface area contributed by atoms with Crippen LogP contribution in [0.1, 0.15) is 62.8 Å². The molecule has 0 amide bonds. The van der Waals surface area contributed by atoms with Crippen LogP contribution in [0, 0.1) is 10.1 Å².